The molecule has 0 aliphatic carbocycles. The Labute approximate surface area is 178 Å². The second-order valence-electron chi connectivity index (χ2n) is 6.71. The molecule has 4 aromatic rings. The van der Waals surface area contributed by atoms with Crippen molar-refractivity contribution >= 4 is 28.8 Å². The lowest BCUT2D eigenvalue weighted by Gasteiger charge is -2.15. The summed E-state index contributed by atoms with van der Waals surface area (Å²) in [6.07, 6.45) is 1.74. The van der Waals surface area contributed by atoms with Gasteiger partial charge in [0.25, 0.3) is 5.22 Å². The number of ether oxygens (including phenoxy) is 1. The second-order valence-corrected chi connectivity index (χ2v) is 7.63. The average molecular weight is 420 g/mol. The average Bonchev–Trinajstić information content (AvgIpc) is 3.20. The zero-order valence-corrected chi connectivity index (χ0v) is 17.3. The molecule has 0 saturated carbocycles. The van der Waals surface area contributed by atoms with E-state index in [1.807, 2.05) is 73.7 Å². The Kier molecular flexibility index (Phi) is 6.29. The minimum Gasteiger partial charge on any atom is -0.487 e. The fourth-order valence-electron chi connectivity index (χ4n) is 2.92. The normalized spacial score (nSPS) is 11.9. The molecule has 0 aliphatic heterocycles. The van der Waals surface area contributed by atoms with Crippen LogP contribution < -0.4 is 10.1 Å². The van der Waals surface area contributed by atoms with Crippen LogP contribution in [0.1, 0.15) is 24.2 Å². The van der Waals surface area contributed by atoms with Gasteiger partial charge in [-0.05, 0) is 48.9 Å². The van der Waals surface area contributed by atoms with Crippen molar-refractivity contribution in [3.63, 3.8) is 0 Å². The highest BCUT2D eigenvalue weighted by Crippen LogP contribution is 2.24. The van der Waals surface area contributed by atoms with Crippen molar-refractivity contribution in [3.05, 3.63) is 84.2 Å². The third kappa shape index (κ3) is 5.18. The summed E-state index contributed by atoms with van der Waals surface area (Å²) < 4.78 is 11.5. The summed E-state index contributed by atoms with van der Waals surface area (Å²) in [6.45, 7) is 2.34. The number of para-hydroxylation sites is 2. The molecule has 0 saturated heterocycles. The zero-order valence-electron chi connectivity index (χ0n) is 16.4. The van der Waals surface area contributed by atoms with E-state index in [1.165, 1.54) is 11.8 Å². The van der Waals surface area contributed by atoms with Crippen molar-refractivity contribution in [2.75, 3.05) is 5.75 Å². The molecule has 0 aliphatic rings. The van der Waals surface area contributed by atoms with Crippen LogP contribution in [0, 0.1) is 0 Å². The first kappa shape index (κ1) is 20.0. The first-order valence-corrected chi connectivity index (χ1v) is 10.6. The Morgan fingerprint density at radius 2 is 2.00 bits per heavy atom. The van der Waals surface area contributed by atoms with Crippen LogP contribution in [-0.2, 0) is 11.4 Å². The lowest BCUT2D eigenvalue weighted by atomic mass is 10.1. The molecule has 0 fully saturated rings. The van der Waals surface area contributed by atoms with Crippen molar-refractivity contribution in [1.82, 2.24) is 15.3 Å². The maximum absolute atomic E-state index is 12.4. The molecule has 2 heterocycles. The van der Waals surface area contributed by atoms with Gasteiger partial charge in [-0.2, -0.15) is 0 Å². The Bertz CT molecular complexity index is 1100. The van der Waals surface area contributed by atoms with Gasteiger partial charge in [0.05, 0.1) is 17.5 Å². The number of fused-ring (bicyclic) bond motifs is 1. The van der Waals surface area contributed by atoms with Gasteiger partial charge in [0.1, 0.15) is 17.9 Å². The molecule has 30 heavy (non-hydrogen) atoms. The molecule has 1 atom stereocenters. The van der Waals surface area contributed by atoms with E-state index in [1.54, 1.807) is 6.20 Å². The Hall–Kier alpha value is -3.32. The minimum atomic E-state index is -0.153. The smallest absolute Gasteiger partial charge is 0.257 e. The van der Waals surface area contributed by atoms with Crippen LogP contribution in [0.5, 0.6) is 5.75 Å². The van der Waals surface area contributed by atoms with E-state index in [-0.39, 0.29) is 17.7 Å². The lowest BCUT2D eigenvalue weighted by Crippen LogP contribution is -2.28. The summed E-state index contributed by atoms with van der Waals surface area (Å²) in [7, 11) is 0. The standard InChI is InChI=1S/C23H21N3O3S/c1-16(17-7-6-9-19(13-17)28-14-18-8-4-5-12-24-18)25-22(27)15-30-23-26-20-10-2-3-11-21(20)29-23/h2-13,16H,14-15H2,1H3,(H,25,27). The Balaban J connectivity index is 1.30. The van der Waals surface area contributed by atoms with Gasteiger partial charge in [0.2, 0.25) is 5.91 Å². The number of hydrogen-bond donors (Lipinski definition) is 1. The van der Waals surface area contributed by atoms with E-state index in [4.69, 9.17) is 9.15 Å². The van der Waals surface area contributed by atoms with Gasteiger partial charge in [-0.25, -0.2) is 4.98 Å². The van der Waals surface area contributed by atoms with Crippen LogP contribution in [0.4, 0.5) is 0 Å². The number of nitrogens with one attached hydrogen (secondary N) is 1. The Morgan fingerprint density at radius 1 is 1.13 bits per heavy atom. The Morgan fingerprint density at radius 3 is 2.83 bits per heavy atom. The fraction of sp³-hybridized carbons (Fsp3) is 0.174. The third-order valence-electron chi connectivity index (χ3n) is 4.45. The number of nitrogens with zero attached hydrogens (tertiary/aromatic N) is 2. The largest absolute Gasteiger partial charge is 0.487 e. The van der Waals surface area contributed by atoms with Crippen molar-refractivity contribution in [2.24, 2.45) is 0 Å². The SMILES string of the molecule is CC(NC(=O)CSc1nc2ccccc2o1)c1cccc(OCc2ccccn2)c1. The molecular weight excluding hydrogens is 398 g/mol. The quantitative estimate of drug-likeness (QED) is 0.415. The van der Waals surface area contributed by atoms with Crippen LogP contribution in [-0.4, -0.2) is 21.6 Å². The molecule has 2 aromatic carbocycles. The number of pyridine rings is 1. The molecule has 0 spiro atoms. The van der Waals surface area contributed by atoms with Gasteiger partial charge >= 0.3 is 0 Å². The van der Waals surface area contributed by atoms with Gasteiger partial charge in [-0.1, -0.05) is 42.1 Å². The summed E-state index contributed by atoms with van der Waals surface area (Å²) in [5.41, 5.74) is 3.33. The van der Waals surface area contributed by atoms with Gasteiger partial charge in [0, 0.05) is 6.20 Å². The second kappa shape index (κ2) is 9.45. The summed E-state index contributed by atoms with van der Waals surface area (Å²) in [4.78, 5) is 21.0. The van der Waals surface area contributed by atoms with Crippen LogP contribution in [0.25, 0.3) is 11.1 Å². The van der Waals surface area contributed by atoms with Crippen molar-refractivity contribution < 1.29 is 13.9 Å². The van der Waals surface area contributed by atoms with Crippen molar-refractivity contribution in [1.29, 1.82) is 0 Å². The number of amides is 1. The third-order valence-corrected chi connectivity index (χ3v) is 5.28. The monoisotopic (exact) mass is 419 g/mol. The number of benzene rings is 2. The molecule has 1 N–H and O–H groups in total. The van der Waals surface area contributed by atoms with Gasteiger partial charge < -0.3 is 14.5 Å². The van der Waals surface area contributed by atoms with Gasteiger partial charge in [0.15, 0.2) is 5.58 Å². The topological polar surface area (TPSA) is 77.2 Å². The van der Waals surface area contributed by atoms with Gasteiger partial charge in [-0.15, -0.1) is 0 Å². The number of hydrogen-bond acceptors (Lipinski definition) is 6. The number of oxazole rings is 1. The van der Waals surface area contributed by atoms with E-state index >= 15 is 0 Å². The molecular formula is C23H21N3O3S. The highest BCUT2D eigenvalue weighted by molar-refractivity contribution is 7.99. The number of carbonyl (C=O) groups is 1. The number of aromatic nitrogens is 2. The molecule has 152 valence electrons. The molecule has 7 heteroatoms. The maximum atomic E-state index is 12.4. The highest BCUT2D eigenvalue weighted by atomic mass is 32.2. The molecule has 4 rings (SSSR count). The van der Waals surface area contributed by atoms with Crippen LogP contribution in [0.15, 0.2) is 82.6 Å². The van der Waals surface area contributed by atoms with E-state index < -0.39 is 0 Å². The van der Waals surface area contributed by atoms with E-state index in [0.29, 0.717) is 11.8 Å². The predicted molar refractivity (Wildman–Crippen MR) is 116 cm³/mol. The van der Waals surface area contributed by atoms with Gasteiger partial charge in [-0.3, -0.25) is 9.78 Å². The molecule has 0 bridgehead atoms. The summed E-state index contributed by atoms with van der Waals surface area (Å²) in [5.74, 6) is 0.877. The first-order chi connectivity index (χ1) is 14.7. The zero-order chi connectivity index (χ0) is 20.8. The molecule has 2 aromatic heterocycles. The molecule has 6 nitrogen and oxygen atoms in total. The van der Waals surface area contributed by atoms with Crippen LogP contribution in [0.2, 0.25) is 0 Å². The number of thioether (sulfide) groups is 1. The van der Waals surface area contributed by atoms with E-state index in [2.05, 4.69) is 15.3 Å². The van der Waals surface area contributed by atoms with Crippen LogP contribution >= 0.6 is 11.8 Å². The first-order valence-electron chi connectivity index (χ1n) is 9.58. The van der Waals surface area contributed by atoms with Crippen LogP contribution in [0.3, 0.4) is 0 Å². The maximum Gasteiger partial charge on any atom is 0.257 e. The summed E-state index contributed by atoms with van der Waals surface area (Å²) in [6, 6.07) is 20.8. The summed E-state index contributed by atoms with van der Waals surface area (Å²) >= 11 is 1.28. The fourth-order valence-corrected chi connectivity index (χ4v) is 3.57. The van der Waals surface area contributed by atoms with E-state index in [9.17, 15) is 4.79 Å². The lowest BCUT2D eigenvalue weighted by molar-refractivity contribution is -0.119. The van der Waals surface area contributed by atoms with Crippen molar-refractivity contribution in [2.45, 2.75) is 24.8 Å². The molecule has 0 radical (unpaired) electrons. The van der Waals surface area contributed by atoms with Crippen molar-refractivity contribution in [3.8, 4) is 5.75 Å². The predicted octanol–water partition coefficient (Wildman–Crippen LogP) is 4.77. The number of rotatable bonds is 8. The molecule has 1 amide bonds. The molecule has 1 unspecified atom stereocenters. The number of carbonyl (C=O) groups excluding carboxylic acids is 1. The van der Waals surface area contributed by atoms with E-state index in [0.717, 1.165) is 28.1 Å². The minimum absolute atomic E-state index is 0.0884. The summed E-state index contributed by atoms with van der Waals surface area (Å²) in [5, 5.41) is 3.49. The highest BCUT2D eigenvalue weighted by Gasteiger charge is 2.13.